The van der Waals surface area contributed by atoms with Crippen LogP contribution in [-0.4, -0.2) is 56.5 Å². The Balaban J connectivity index is 2.34. The molecule has 6 atom stereocenters. The lowest BCUT2D eigenvalue weighted by Crippen LogP contribution is -2.46. The lowest BCUT2D eigenvalue weighted by atomic mass is 9.73. The van der Waals surface area contributed by atoms with Gasteiger partial charge in [-0.05, 0) is 50.7 Å². The second kappa shape index (κ2) is 12.2. The van der Waals surface area contributed by atoms with Crippen molar-refractivity contribution in [3.63, 3.8) is 0 Å². The molecule has 0 saturated carbocycles. The van der Waals surface area contributed by atoms with E-state index in [0.29, 0.717) is 24.1 Å². The number of Topliss-reactive ketones (excluding diaryl/α,β-unsaturated/α-hetero) is 1. The van der Waals surface area contributed by atoms with Gasteiger partial charge in [0.05, 0.1) is 34.7 Å². The zero-order valence-electron chi connectivity index (χ0n) is 21.0. The number of aliphatic hydroxyl groups is 3. The quantitative estimate of drug-likeness (QED) is 0.423. The SMILES string of the molecule is C/C(=C\c1csc(C)n1)[C@@H]1OC(=O)C[C@H](O)C(C)(C)C(=O)[C@H](C)[C@H](O)[C@H](C)CCC/C=C\[C@H]1O. The van der Waals surface area contributed by atoms with Crippen molar-refractivity contribution in [1.82, 2.24) is 4.98 Å². The van der Waals surface area contributed by atoms with Gasteiger partial charge in [-0.25, -0.2) is 4.98 Å². The van der Waals surface area contributed by atoms with Gasteiger partial charge < -0.3 is 20.1 Å². The molecule has 2 rings (SSSR count). The Hall–Kier alpha value is -1.87. The lowest BCUT2D eigenvalue weighted by molar-refractivity contribution is -0.157. The molecule has 190 valence electrons. The molecule has 7 nitrogen and oxygen atoms in total. The van der Waals surface area contributed by atoms with Crippen molar-refractivity contribution in [1.29, 1.82) is 0 Å². The normalized spacial score (nSPS) is 33.4. The molecule has 0 spiro atoms. The Morgan fingerprint density at radius 3 is 2.53 bits per heavy atom. The zero-order valence-corrected chi connectivity index (χ0v) is 21.8. The highest BCUT2D eigenvalue weighted by atomic mass is 32.1. The number of nitrogens with zero attached hydrogens (tertiary/aromatic N) is 1. The number of esters is 1. The highest BCUT2D eigenvalue weighted by molar-refractivity contribution is 7.09. The van der Waals surface area contributed by atoms with Gasteiger partial charge in [-0.3, -0.25) is 9.59 Å². The fourth-order valence-corrected chi connectivity index (χ4v) is 4.83. The lowest BCUT2D eigenvalue weighted by Gasteiger charge is -2.34. The van der Waals surface area contributed by atoms with E-state index in [1.165, 1.54) is 11.3 Å². The third kappa shape index (κ3) is 7.31. The van der Waals surface area contributed by atoms with E-state index in [1.54, 1.807) is 39.8 Å². The summed E-state index contributed by atoms with van der Waals surface area (Å²) in [7, 11) is 0. The molecule has 1 aliphatic rings. The van der Waals surface area contributed by atoms with Crippen LogP contribution < -0.4 is 0 Å². The number of hydrogen-bond donors (Lipinski definition) is 3. The Labute approximate surface area is 206 Å². The molecular weight excluding hydrogens is 454 g/mol. The number of hydrogen-bond acceptors (Lipinski definition) is 8. The summed E-state index contributed by atoms with van der Waals surface area (Å²) >= 11 is 1.50. The maximum atomic E-state index is 13.1. The number of aromatic nitrogens is 1. The number of aliphatic hydroxyl groups excluding tert-OH is 3. The Morgan fingerprint density at radius 2 is 1.91 bits per heavy atom. The van der Waals surface area contributed by atoms with Crippen molar-refractivity contribution in [3.8, 4) is 0 Å². The van der Waals surface area contributed by atoms with E-state index >= 15 is 0 Å². The second-order valence-electron chi connectivity index (χ2n) is 10.0. The molecule has 8 heteroatoms. The summed E-state index contributed by atoms with van der Waals surface area (Å²) in [5.74, 6) is -1.81. The first-order valence-corrected chi connectivity index (χ1v) is 12.8. The molecule has 0 unspecified atom stereocenters. The van der Waals surface area contributed by atoms with Gasteiger partial charge in [0.1, 0.15) is 11.9 Å². The monoisotopic (exact) mass is 493 g/mol. The molecule has 0 saturated heterocycles. The van der Waals surface area contributed by atoms with E-state index in [-0.39, 0.29) is 11.7 Å². The van der Waals surface area contributed by atoms with Crippen LogP contribution in [0.15, 0.2) is 23.1 Å². The number of carbonyl (C=O) groups is 2. The molecular formula is C26H39NO6S. The summed E-state index contributed by atoms with van der Waals surface area (Å²) in [4.78, 5) is 30.3. The average Bonchev–Trinajstić information content (AvgIpc) is 3.18. The number of cyclic esters (lactones) is 1. The average molecular weight is 494 g/mol. The number of ketones is 1. The summed E-state index contributed by atoms with van der Waals surface area (Å²) < 4.78 is 5.61. The van der Waals surface area contributed by atoms with Gasteiger partial charge in [-0.1, -0.05) is 39.8 Å². The van der Waals surface area contributed by atoms with Gasteiger partial charge in [0, 0.05) is 11.3 Å². The molecule has 3 N–H and O–H groups in total. The molecule has 0 aliphatic carbocycles. The first-order valence-electron chi connectivity index (χ1n) is 11.9. The van der Waals surface area contributed by atoms with Crippen LogP contribution in [0.25, 0.3) is 6.08 Å². The van der Waals surface area contributed by atoms with Crippen LogP contribution in [0.2, 0.25) is 0 Å². The second-order valence-corrected chi connectivity index (χ2v) is 11.1. The molecule has 0 fully saturated rings. The van der Waals surface area contributed by atoms with Gasteiger partial charge in [-0.2, -0.15) is 0 Å². The van der Waals surface area contributed by atoms with Crippen LogP contribution >= 0.6 is 11.3 Å². The van der Waals surface area contributed by atoms with E-state index in [0.717, 1.165) is 11.4 Å². The molecule has 1 aromatic rings. The van der Waals surface area contributed by atoms with E-state index in [4.69, 9.17) is 4.74 Å². The van der Waals surface area contributed by atoms with Crippen molar-refractivity contribution >= 4 is 29.2 Å². The zero-order chi connectivity index (χ0) is 25.6. The van der Waals surface area contributed by atoms with Crippen LogP contribution in [-0.2, 0) is 14.3 Å². The minimum absolute atomic E-state index is 0.109. The van der Waals surface area contributed by atoms with Gasteiger partial charge >= 0.3 is 5.97 Å². The van der Waals surface area contributed by atoms with Crippen molar-refractivity contribution in [2.45, 2.75) is 91.6 Å². The minimum Gasteiger partial charge on any atom is -0.455 e. The number of rotatable bonds is 2. The Morgan fingerprint density at radius 1 is 1.24 bits per heavy atom. The number of thiazole rings is 1. The Bertz CT molecular complexity index is 905. The summed E-state index contributed by atoms with van der Waals surface area (Å²) in [6.45, 7) is 10.4. The highest BCUT2D eigenvalue weighted by Crippen LogP contribution is 2.32. The van der Waals surface area contributed by atoms with Gasteiger partial charge in [-0.15, -0.1) is 11.3 Å². The van der Waals surface area contributed by atoms with Crippen LogP contribution in [0.1, 0.15) is 71.0 Å². The molecule has 1 aliphatic heterocycles. The smallest absolute Gasteiger partial charge is 0.309 e. The van der Waals surface area contributed by atoms with Crippen molar-refractivity contribution in [3.05, 3.63) is 33.8 Å². The summed E-state index contributed by atoms with van der Waals surface area (Å²) in [6, 6.07) is 0. The van der Waals surface area contributed by atoms with Gasteiger partial charge in [0.2, 0.25) is 0 Å². The van der Waals surface area contributed by atoms with Crippen molar-refractivity contribution < 1.29 is 29.6 Å². The fourth-order valence-electron chi connectivity index (χ4n) is 4.26. The molecule has 34 heavy (non-hydrogen) atoms. The standard InChI is InChI=1S/C26H39NO6S/c1-15-10-8-7-9-11-20(28)24(16(2)12-19-14-34-18(4)27-19)33-22(30)13-21(29)26(5,6)25(32)17(3)23(15)31/h9,11-12,14-15,17,20-21,23-24,28-29,31H,7-8,10,13H2,1-6H3/b11-9-,16-12+/t15-,17-,20-,21+,23-,24+/m1/s1. The van der Waals surface area contributed by atoms with Crippen LogP contribution in [0, 0.1) is 24.2 Å². The Kier molecular flexibility index (Phi) is 10.2. The molecule has 0 radical (unpaired) electrons. The molecule has 0 aromatic carbocycles. The maximum Gasteiger partial charge on any atom is 0.309 e. The predicted octanol–water partition coefficient (Wildman–Crippen LogP) is 3.85. The van der Waals surface area contributed by atoms with E-state index in [2.05, 4.69) is 4.98 Å². The number of carbonyl (C=O) groups excluding carboxylic acids is 2. The fraction of sp³-hybridized carbons (Fsp3) is 0.654. The molecule has 0 bridgehead atoms. The van der Waals surface area contributed by atoms with Crippen LogP contribution in [0.5, 0.6) is 0 Å². The third-order valence-corrected chi connectivity index (χ3v) is 7.52. The number of allylic oxidation sites excluding steroid dienone is 1. The minimum atomic E-state index is -1.30. The first-order chi connectivity index (χ1) is 15.8. The molecule has 2 heterocycles. The van der Waals surface area contributed by atoms with Gasteiger partial charge in [0.25, 0.3) is 0 Å². The maximum absolute atomic E-state index is 13.1. The van der Waals surface area contributed by atoms with Crippen molar-refractivity contribution in [2.24, 2.45) is 17.3 Å². The third-order valence-electron chi connectivity index (χ3n) is 6.73. The largest absolute Gasteiger partial charge is 0.455 e. The van der Waals surface area contributed by atoms with E-state index in [9.17, 15) is 24.9 Å². The predicted molar refractivity (Wildman–Crippen MR) is 133 cm³/mol. The highest BCUT2D eigenvalue weighted by Gasteiger charge is 2.42. The number of aryl methyl sites for hydroxylation is 1. The molecule has 1 aromatic heterocycles. The summed E-state index contributed by atoms with van der Waals surface area (Å²) in [6.07, 6.45) is 2.78. The van der Waals surface area contributed by atoms with E-state index < -0.39 is 48.1 Å². The van der Waals surface area contributed by atoms with Crippen molar-refractivity contribution in [2.75, 3.05) is 0 Å². The van der Waals surface area contributed by atoms with Crippen LogP contribution in [0.3, 0.4) is 0 Å². The summed E-state index contributed by atoms with van der Waals surface area (Å²) in [5, 5.41) is 35.1. The van der Waals surface area contributed by atoms with Crippen LogP contribution in [0.4, 0.5) is 0 Å². The summed E-state index contributed by atoms with van der Waals surface area (Å²) in [5.41, 5.74) is 0.0764. The number of ether oxygens (including phenoxy) is 1. The topological polar surface area (TPSA) is 117 Å². The van der Waals surface area contributed by atoms with Gasteiger partial charge in [0.15, 0.2) is 6.10 Å². The molecule has 0 amide bonds. The van der Waals surface area contributed by atoms with E-state index in [1.807, 2.05) is 25.3 Å². The first kappa shape index (κ1) is 28.4.